The highest BCUT2D eigenvalue weighted by molar-refractivity contribution is 5.81. The molecule has 0 fully saturated rings. The van der Waals surface area contributed by atoms with E-state index in [9.17, 15) is 9.90 Å². The first-order valence-electron chi connectivity index (χ1n) is 12.6. The van der Waals surface area contributed by atoms with Gasteiger partial charge in [0.05, 0.1) is 30.8 Å². The van der Waals surface area contributed by atoms with E-state index in [4.69, 9.17) is 9.72 Å². The molecule has 0 radical (unpaired) electrons. The van der Waals surface area contributed by atoms with Crippen molar-refractivity contribution in [2.24, 2.45) is 0 Å². The molecule has 3 aromatic heterocycles. The van der Waals surface area contributed by atoms with Crippen LogP contribution in [0.25, 0.3) is 10.9 Å². The van der Waals surface area contributed by atoms with Crippen molar-refractivity contribution in [1.29, 1.82) is 0 Å². The van der Waals surface area contributed by atoms with Crippen molar-refractivity contribution < 1.29 is 14.6 Å². The second-order valence-corrected chi connectivity index (χ2v) is 9.73. The Bertz CT molecular complexity index is 1400. The fraction of sp³-hybridized carbons (Fsp3) is 0.357. The van der Waals surface area contributed by atoms with Gasteiger partial charge in [-0.25, -0.2) is 4.98 Å². The standard InChI is InChI=1S/C28H32N6O3/c1-33(2)18-19-12-21(16-29-15-19)26(14-27(35)36)34-25-8-7-24(13-22(25)17-31-34)37-11-9-23-6-5-20-4-3-10-30-28(20)32-23/h5-8,12-13,15-17,26H,3-4,9-11,14,18H2,1-2H3,(H,30,32)(H,35,36). The summed E-state index contributed by atoms with van der Waals surface area (Å²) in [6.45, 7) is 2.20. The predicted octanol–water partition coefficient (Wildman–Crippen LogP) is 3.93. The van der Waals surface area contributed by atoms with Crippen LogP contribution in [0.2, 0.25) is 0 Å². The number of aromatic nitrogens is 4. The number of nitrogens with zero attached hydrogens (tertiary/aromatic N) is 5. The van der Waals surface area contributed by atoms with E-state index in [1.807, 2.05) is 44.6 Å². The van der Waals surface area contributed by atoms with E-state index >= 15 is 0 Å². The lowest BCUT2D eigenvalue weighted by atomic mass is 10.0. The zero-order valence-corrected chi connectivity index (χ0v) is 21.2. The molecule has 4 heterocycles. The van der Waals surface area contributed by atoms with E-state index in [0.29, 0.717) is 13.0 Å². The fourth-order valence-corrected chi connectivity index (χ4v) is 4.80. The minimum atomic E-state index is -0.891. The molecule has 1 aliphatic rings. The number of anilines is 1. The molecule has 1 atom stereocenters. The third kappa shape index (κ3) is 5.89. The van der Waals surface area contributed by atoms with Crippen LogP contribution in [0.3, 0.4) is 0 Å². The zero-order valence-electron chi connectivity index (χ0n) is 21.2. The Balaban J connectivity index is 1.32. The summed E-state index contributed by atoms with van der Waals surface area (Å²) >= 11 is 0. The molecular formula is C28H32N6O3. The van der Waals surface area contributed by atoms with Gasteiger partial charge in [-0.15, -0.1) is 0 Å². The van der Waals surface area contributed by atoms with Crippen LogP contribution in [-0.2, 0) is 24.2 Å². The molecule has 0 aliphatic carbocycles. The lowest BCUT2D eigenvalue weighted by Crippen LogP contribution is -2.17. The number of carboxylic acids is 1. The third-order valence-electron chi connectivity index (χ3n) is 6.51. The summed E-state index contributed by atoms with van der Waals surface area (Å²) < 4.78 is 7.80. The minimum absolute atomic E-state index is 0.0925. The van der Waals surface area contributed by atoms with E-state index < -0.39 is 12.0 Å². The van der Waals surface area contributed by atoms with Crippen LogP contribution in [0.5, 0.6) is 5.75 Å². The summed E-state index contributed by atoms with van der Waals surface area (Å²) in [6, 6.07) is 11.6. The van der Waals surface area contributed by atoms with Crippen LogP contribution >= 0.6 is 0 Å². The summed E-state index contributed by atoms with van der Waals surface area (Å²) in [4.78, 5) is 22.9. The van der Waals surface area contributed by atoms with E-state index in [0.717, 1.165) is 65.2 Å². The zero-order chi connectivity index (χ0) is 25.8. The summed E-state index contributed by atoms with van der Waals surface area (Å²) in [7, 11) is 3.98. The van der Waals surface area contributed by atoms with Crippen molar-refractivity contribution >= 4 is 22.7 Å². The van der Waals surface area contributed by atoms with E-state index in [1.165, 1.54) is 5.56 Å². The molecule has 1 aliphatic heterocycles. The number of hydrogen-bond acceptors (Lipinski definition) is 7. The number of hydrogen-bond donors (Lipinski definition) is 2. The maximum atomic E-state index is 11.7. The Labute approximate surface area is 216 Å². The summed E-state index contributed by atoms with van der Waals surface area (Å²) in [5.41, 5.74) is 4.97. The van der Waals surface area contributed by atoms with Crippen molar-refractivity contribution in [3.63, 3.8) is 0 Å². The third-order valence-corrected chi connectivity index (χ3v) is 6.51. The van der Waals surface area contributed by atoms with Crippen molar-refractivity contribution in [2.45, 2.75) is 38.3 Å². The van der Waals surface area contributed by atoms with Crippen molar-refractivity contribution in [3.05, 3.63) is 77.4 Å². The Kier molecular flexibility index (Phi) is 7.32. The first-order valence-corrected chi connectivity index (χ1v) is 12.6. The highest BCUT2D eigenvalue weighted by atomic mass is 16.5. The molecule has 0 saturated heterocycles. The number of pyridine rings is 2. The number of benzene rings is 1. The van der Waals surface area contributed by atoms with Gasteiger partial charge in [0.2, 0.25) is 0 Å². The second-order valence-electron chi connectivity index (χ2n) is 9.73. The van der Waals surface area contributed by atoms with Crippen molar-refractivity contribution in [3.8, 4) is 5.75 Å². The molecular weight excluding hydrogens is 468 g/mol. The van der Waals surface area contributed by atoms with Crippen molar-refractivity contribution in [1.82, 2.24) is 24.6 Å². The van der Waals surface area contributed by atoms with Gasteiger partial charge in [0, 0.05) is 43.0 Å². The summed E-state index contributed by atoms with van der Waals surface area (Å²) in [5.74, 6) is 0.848. The number of ether oxygens (including phenoxy) is 1. The normalized spacial score (nSPS) is 13.8. The minimum Gasteiger partial charge on any atom is -0.493 e. The molecule has 0 amide bonds. The predicted molar refractivity (Wildman–Crippen MR) is 142 cm³/mol. The van der Waals surface area contributed by atoms with Gasteiger partial charge in [0.15, 0.2) is 0 Å². The highest BCUT2D eigenvalue weighted by Crippen LogP contribution is 2.29. The molecule has 192 valence electrons. The number of aryl methyl sites for hydroxylation is 1. The first-order chi connectivity index (χ1) is 18.0. The number of rotatable bonds is 10. The van der Waals surface area contributed by atoms with Crippen LogP contribution < -0.4 is 10.1 Å². The maximum Gasteiger partial charge on any atom is 0.305 e. The number of fused-ring (bicyclic) bond motifs is 2. The second kappa shape index (κ2) is 11.0. The highest BCUT2D eigenvalue weighted by Gasteiger charge is 2.21. The van der Waals surface area contributed by atoms with Crippen molar-refractivity contribution in [2.75, 3.05) is 32.6 Å². The van der Waals surface area contributed by atoms with Gasteiger partial charge in [0.1, 0.15) is 11.6 Å². The molecule has 0 saturated carbocycles. The lowest BCUT2D eigenvalue weighted by Gasteiger charge is -2.19. The van der Waals surface area contributed by atoms with E-state index in [-0.39, 0.29) is 6.42 Å². The quantitative estimate of drug-likeness (QED) is 0.337. The van der Waals surface area contributed by atoms with Gasteiger partial charge >= 0.3 is 5.97 Å². The average Bonchev–Trinajstić information content (AvgIpc) is 3.30. The Morgan fingerprint density at radius 2 is 2.08 bits per heavy atom. The van der Waals surface area contributed by atoms with Crippen LogP contribution in [0.1, 0.15) is 41.3 Å². The SMILES string of the molecule is CN(C)Cc1cncc(C(CC(=O)O)n2ncc3cc(OCCc4ccc5c(n4)NCCC5)ccc32)c1. The average molecular weight is 501 g/mol. The lowest BCUT2D eigenvalue weighted by molar-refractivity contribution is -0.137. The molecule has 2 N–H and O–H groups in total. The number of aliphatic carboxylic acids is 1. The van der Waals surface area contributed by atoms with Crippen LogP contribution in [0, 0.1) is 0 Å². The molecule has 1 aromatic carbocycles. The molecule has 0 spiro atoms. The molecule has 37 heavy (non-hydrogen) atoms. The van der Waals surface area contributed by atoms with Gasteiger partial charge in [-0.2, -0.15) is 5.10 Å². The molecule has 1 unspecified atom stereocenters. The molecule has 5 rings (SSSR count). The monoisotopic (exact) mass is 500 g/mol. The first kappa shape index (κ1) is 24.7. The smallest absolute Gasteiger partial charge is 0.305 e. The Morgan fingerprint density at radius 1 is 1.19 bits per heavy atom. The number of carbonyl (C=O) groups is 1. The van der Waals surface area contributed by atoms with Crippen LogP contribution in [-0.4, -0.2) is 63.0 Å². The molecule has 0 bridgehead atoms. The van der Waals surface area contributed by atoms with E-state index in [1.54, 1.807) is 17.1 Å². The van der Waals surface area contributed by atoms with Crippen LogP contribution in [0.15, 0.2) is 55.0 Å². The van der Waals surface area contributed by atoms with Gasteiger partial charge in [-0.05, 0) is 74.0 Å². The Hall–Kier alpha value is -3.98. The summed E-state index contributed by atoms with van der Waals surface area (Å²) in [5, 5.41) is 18.5. The van der Waals surface area contributed by atoms with Gasteiger partial charge < -0.3 is 20.1 Å². The molecule has 4 aromatic rings. The Morgan fingerprint density at radius 3 is 2.92 bits per heavy atom. The van der Waals surface area contributed by atoms with Gasteiger partial charge in [-0.3, -0.25) is 14.5 Å². The van der Waals surface area contributed by atoms with E-state index in [2.05, 4.69) is 32.4 Å². The van der Waals surface area contributed by atoms with Gasteiger partial charge in [-0.1, -0.05) is 6.07 Å². The largest absolute Gasteiger partial charge is 0.493 e. The topological polar surface area (TPSA) is 105 Å². The van der Waals surface area contributed by atoms with Crippen LogP contribution in [0.4, 0.5) is 5.82 Å². The summed E-state index contributed by atoms with van der Waals surface area (Å²) in [6.07, 6.45) is 8.13. The molecule has 9 nitrogen and oxygen atoms in total. The number of nitrogens with one attached hydrogen (secondary N) is 1. The number of carboxylic acid groups (broad SMARTS) is 1. The maximum absolute atomic E-state index is 11.7. The van der Waals surface area contributed by atoms with Gasteiger partial charge in [0.25, 0.3) is 0 Å². The fourth-order valence-electron chi connectivity index (χ4n) is 4.80. The molecule has 9 heteroatoms.